The van der Waals surface area contributed by atoms with E-state index in [9.17, 15) is 0 Å². The Bertz CT molecular complexity index is 643. The van der Waals surface area contributed by atoms with Gasteiger partial charge in [0, 0.05) is 12.1 Å². The van der Waals surface area contributed by atoms with Crippen molar-refractivity contribution in [1.29, 1.82) is 5.26 Å². The summed E-state index contributed by atoms with van der Waals surface area (Å²) in [5.74, 6) is 0. The zero-order valence-electron chi connectivity index (χ0n) is 12.3. The van der Waals surface area contributed by atoms with Crippen molar-refractivity contribution in [3.63, 3.8) is 0 Å². The van der Waals surface area contributed by atoms with Crippen molar-refractivity contribution in [2.24, 2.45) is 0 Å². The zero-order chi connectivity index (χ0) is 14.8. The van der Waals surface area contributed by atoms with Gasteiger partial charge in [-0.2, -0.15) is 5.26 Å². The summed E-state index contributed by atoms with van der Waals surface area (Å²) in [5.41, 5.74) is 3.58. The normalized spacial score (nSPS) is 11.3. The number of nitriles is 1. The maximum Gasteiger partial charge on any atom is 0.0992 e. The van der Waals surface area contributed by atoms with E-state index >= 15 is 0 Å². The van der Waals surface area contributed by atoms with Crippen molar-refractivity contribution < 1.29 is 0 Å². The van der Waals surface area contributed by atoms with Gasteiger partial charge in [0.1, 0.15) is 0 Å². The van der Waals surface area contributed by atoms with Crippen LogP contribution in [0.2, 0.25) is 0 Å². The minimum absolute atomic E-state index is 0.0264. The number of aromatic nitrogens is 3. The molecule has 2 aromatic rings. The van der Waals surface area contributed by atoms with E-state index in [4.69, 9.17) is 5.26 Å². The summed E-state index contributed by atoms with van der Waals surface area (Å²) in [6, 6.07) is 7.73. The van der Waals surface area contributed by atoms with Crippen molar-refractivity contribution in [3.8, 4) is 11.8 Å². The third kappa shape index (κ3) is 3.22. The van der Waals surface area contributed by atoms with Gasteiger partial charge in [0.05, 0.1) is 29.2 Å². The Morgan fingerprint density at radius 2 is 2.10 bits per heavy atom. The second-order valence-electron chi connectivity index (χ2n) is 5.85. The van der Waals surface area contributed by atoms with Crippen LogP contribution in [0.3, 0.4) is 0 Å². The summed E-state index contributed by atoms with van der Waals surface area (Å²) in [4.78, 5) is 0. The topological polar surface area (TPSA) is 66.5 Å². The Morgan fingerprint density at radius 1 is 1.35 bits per heavy atom. The SMILES string of the molecule is Cc1ccc(C#N)cc1-n1nncc1CNC(C)(C)C. The van der Waals surface area contributed by atoms with Crippen molar-refractivity contribution in [1.82, 2.24) is 20.3 Å². The molecule has 104 valence electrons. The first-order valence-corrected chi connectivity index (χ1v) is 6.56. The fourth-order valence-corrected chi connectivity index (χ4v) is 1.84. The molecule has 0 atom stereocenters. The van der Waals surface area contributed by atoms with Crippen LogP contribution in [0.5, 0.6) is 0 Å². The number of nitrogens with one attached hydrogen (secondary N) is 1. The smallest absolute Gasteiger partial charge is 0.0992 e. The number of rotatable bonds is 3. The highest BCUT2D eigenvalue weighted by atomic mass is 15.4. The quantitative estimate of drug-likeness (QED) is 0.928. The lowest BCUT2D eigenvalue weighted by atomic mass is 10.1. The molecule has 2 rings (SSSR count). The Morgan fingerprint density at radius 3 is 2.75 bits per heavy atom. The van der Waals surface area contributed by atoms with Gasteiger partial charge in [0.15, 0.2) is 0 Å². The lowest BCUT2D eigenvalue weighted by Gasteiger charge is -2.20. The van der Waals surface area contributed by atoms with E-state index in [1.54, 1.807) is 10.9 Å². The van der Waals surface area contributed by atoms with Crippen LogP contribution in [-0.2, 0) is 6.54 Å². The first-order chi connectivity index (χ1) is 9.40. The highest BCUT2D eigenvalue weighted by Gasteiger charge is 2.13. The molecule has 0 aliphatic carbocycles. The van der Waals surface area contributed by atoms with Gasteiger partial charge in [-0.05, 0) is 45.4 Å². The summed E-state index contributed by atoms with van der Waals surface area (Å²) < 4.78 is 1.79. The molecule has 1 heterocycles. The maximum atomic E-state index is 9.02. The monoisotopic (exact) mass is 269 g/mol. The van der Waals surface area contributed by atoms with E-state index in [1.165, 1.54) is 0 Å². The molecule has 0 saturated carbocycles. The molecule has 0 radical (unpaired) electrons. The fraction of sp³-hybridized carbons (Fsp3) is 0.400. The van der Waals surface area contributed by atoms with Crippen LogP contribution in [0.25, 0.3) is 5.69 Å². The van der Waals surface area contributed by atoms with Crippen molar-refractivity contribution in [2.75, 3.05) is 0 Å². The summed E-state index contributed by atoms with van der Waals surface area (Å²) in [5, 5.41) is 20.6. The molecule has 0 bridgehead atoms. The van der Waals surface area contributed by atoms with Crippen LogP contribution in [0, 0.1) is 18.3 Å². The van der Waals surface area contributed by atoms with Gasteiger partial charge in [-0.3, -0.25) is 0 Å². The molecule has 5 heteroatoms. The first-order valence-electron chi connectivity index (χ1n) is 6.56. The van der Waals surface area contributed by atoms with Gasteiger partial charge in [-0.25, -0.2) is 4.68 Å². The fourth-order valence-electron chi connectivity index (χ4n) is 1.84. The minimum atomic E-state index is 0.0264. The lowest BCUT2D eigenvalue weighted by molar-refractivity contribution is 0.418. The molecule has 5 nitrogen and oxygen atoms in total. The number of hydrogen-bond donors (Lipinski definition) is 1. The van der Waals surface area contributed by atoms with Crippen molar-refractivity contribution in [2.45, 2.75) is 39.8 Å². The summed E-state index contributed by atoms with van der Waals surface area (Å²) in [6.07, 6.45) is 1.75. The maximum absolute atomic E-state index is 9.02. The van der Waals surface area contributed by atoms with Crippen LogP contribution in [0.15, 0.2) is 24.4 Å². The van der Waals surface area contributed by atoms with Crippen LogP contribution >= 0.6 is 0 Å². The van der Waals surface area contributed by atoms with Crippen molar-refractivity contribution in [3.05, 3.63) is 41.2 Å². The Kier molecular flexibility index (Phi) is 3.86. The number of nitrogens with zero attached hydrogens (tertiary/aromatic N) is 4. The van der Waals surface area contributed by atoms with Crippen molar-refractivity contribution >= 4 is 0 Å². The van der Waals surface area contributed by atoms with E-state index in [-0.39, 0.29) is 5.54 Å². The van der Waals surface area contributed by atoms with Gasteiger partial charge in [0.25, 0.3) is 0 Å². The molecule has 0 saturated heterocycles. The molecule has 0 amide bonds. The Balaban J connectivity index is 2.35. The zero-order valence-corrected chi connectivity index (χ0v) is 12.3. The minimum Gasteiger partial charge on any atom is -0.306 e. The molecular formula is C15H19N5. The standard InChI is InChI=1S/C15H19N5/c1-11-5-6-12(8-16)7-14(11)20-13(10-18-19-20)9-17-15(2,3)4/h5-7,10,17H,9H2,1-4H3. The summed E-state index contributed by atoms with van der Waals surface area (Å²) >= 11 is 0. The first kappa shape index (κ1) is 14.2. The molecule has 0 unspecified atom stereocenters. The van der Waals surface area contributed by atoms with Crippen LogP contribution in [-0.4, -0.2) is 20.5 Å². The molecule has 0 aliphatic heterocycles. The van der Waals surface area contributed by atoms with E-state index in [0.717, 1.165) is 16.9 Å². The van der Waals surface area contributed by atoms with E-state index in [0.29, 0.717) is 12.1 Å². The summed E-state index contributed by atoms with van der Waals surface area (Å²) in [6.45, 7) is 9.01. The third-order valence-corrected chi connectivity index (χ3v) is 2.99. The number of aryl methyl sites for hydroxylation is 1. The van der Waals surface area contributed by atoms with Gasteiger partial charge in [0.2, 0.25) is 0 Å². The van der Waals surface area contributed by atoms with Gasteiger partial charge < -0.3 is 5.32 Å². The van der Waals surface area contributed by atoms with Gasteiger partial charge in [-0.15, -0.1) is 5.10 Å². The molecule has 0 spiro atoms. The molecule has 20 heavy (non-hydrogen) atoms. The molecule has 0 aliphatic rings. The number of benzene rings is 1. The Hall–Kier alpha value is -2.19. The molecule has 1 N–H and O–H groups in total. The van der Waals surface area contributed by atoms with Gasteiger partial charge in [-0.1, -0.05) is 11.3 Å². The third-order valence-electron chi connectivity index (χ3n) is 2.99. The predicted molar refractivity (Wildman–Crippen MR) is 77.4 cm³/mol. The highest BCUT2D eigenvalue weighted by molar-refractivity contribution is 5.47. The molecular weight excluding hydrogens is 250 g/mol. The predicted octanol–water partition coefficient (Wildman–Crippen LogP) is 2.34. The number of hydrogen-bond acceptors (Lipinski definition) is 4. The lowest BCUT2D eigenvalue weighted by Crippen LogP contribution is -2.35. The van der Waals surface area contributed by atoms with E-state index in [2.05, 4.69) is 42.5 Å². The second-order valence-corrected chi connectivity index (χ2v) is 5.85. The van der Waals surface area contributed by atoms with Crippen LogP contribution < -0.4 is 5.32 Å². The summed E-state index contributed by atoms with van der Waals surface area (Å²) in [7, 11) is 0. The van der Waals surface area contributed by atoms with Gasteiger partial charge >= 0.3 is 0 Å². The average molecular weight is 269 g/mol. The highest BCUT2D eigenvalue weighted by Crippen LogP contribution is 2.17. The van der Waals surface area contributed by atoms with Crippen LogP contribution in [0.4, 0.5) is 0 Å². The molecule has 0 fully saturated rings. The van der Waals surface area contributed by atoms with Crippen LogP contribution in [0.1, 0.15) is 37.6 Å². The largest absolute Gasteiger partial charge is 0.306 e. The molecule has 1 aromatic heterocycles. The Labute approximate surface area is 119 Å². The van der Waals surface area contributed by atoms with E-state index < -0.39 is 0 Å². The molecule has 1 aromatic carbocycles. The average Bonchev–Trinajstić information content (AvgIpc) is 2.84. The van der Waals surface area contributed by atoms with E-state index in [1.807, 2.05) is 25.1 Å². The second kappa shape index (κ2) is 5.43.